The van der Waals surface area contributed by atoms with Crippen LogP contribution in [0, 0.1) is 0 Å². The molecule has 0 rings (SSSR count). The van der Waals surface area contributed by atoms with Crippen LogP contribution in [0.25, 0.3) is 0 Å². The molecule has 0 radical (unpaired) electrons. The first-order valence-corrected chi connectivity index (χ1v) is 2.68. The van der Waals surface area contributed by atoms with Crippen molar-refractivity contribution in [3.63, 3.8) is 0 Å². The highest BCUT2D eigenvalue weighted by Crippen LogP contribution is 1.83. The monoisotopic (exact) mass is 148 g/mol. The van der Waals surface area contributed by atoms with E-state index in [1.807, 2.05) is 0 Å². The minimum Gasteiger partial charge on any atom is -0.479 e. The third kappa shape index (κ3) is 4.89. The van der Waals surface area contributed by atoms with Crippen LogP contribution in [0.15, 0.2) is 0 Å². The summed E-state index contributed by atoms with van der Waals surface area (Å²) in [5.74, 6) is -1.20. The summed E-state index contributed by atoms with van der Waals surface area (Å²) in [4.78, 5) is 20.0. The number of carboxylic acid groups (broad SMARTS) is 1. The van der Waals surface area contributed by atoms with Gasteiger partial charge in [-0.1, -0.05) is 0 Å². The van der Waals surface area contributed by atoms with Crippen LogP contribution in [-0.4, -0.2) is 30.4 Å². The summed E-state index contributed by atoms with van der Waals surface area (Å²) in [5, 5.41) is 8.00. The van der Waals surface area contributed by atoms with Gasteiger partial charge in [-0.2, -0.15) is 0 Å². The number of carboxylic acids is 1. The van der Waals surface area contributed by atoms with Crippen LogP contribution in [-0.2, 0) is 14.3 Å². The lowest BCUT2D eigenvalue weighted by Crippen LogP contribution is -2.13. The van der Waals surface area contributed by atoms with Gasteiger partial charge in [0.2, 0.25) is 0 Å². The van der Waals surface area contributed by atoms with Gasteiger partial charge in [0.1, 0.15) is 0 Å². The molecule has 0 aromatic rings. The zero-order valence-electron chi connectivity index (χ0n) is 5.49. The predicted octanol–water partition coefficient (Wildman–Crippen LogP) is 0.244. The van der Waals surface area contributed by atoms with Gasteiger partial charge >= 0.3 is 12.1 Å². The van der Waals surface area contributed by atoms with Crippen LogP contribution in [0.5, 0.6) is 0 Å². The molecule has 5 nitrogen and oxygen atoms in total. The first-order chi connectivity index (χ1) is 4.66. The molecule has 0 aromatic heterocycles. The van der Waals surface area contributed by atoms with Gasteiger partial charge in [-0.25, -0.2) is 9.59 Å². The zero-order valence-corrected chi connectivity index (χ0v) is 5.49. The largest absolute Gasteiger partial charge is 0.508 e. The van der Waals surface area contributed by atoms with Crippen molar-refractivity contribution in [1.29, 1.82) is 0 Å². The molecule has 0 aliphatic rings. The first kappa shape index (κ1) is 8.74. The number of carbonyl (C=O) groups is 2. The fraction of sp³-hybridized carbons (Fsp3) is 0.600. The standard InChI is InChI=1S/C5H8O5/c1-2-9-5(8)10-3-4(6)7/h2-3H2,1H3,(H,6,7). The summed E-state index contributed by atoms with van der Waals surface area (Å²) in [6, 6.07) is 0. The Kier molecular flexibility index (Phi) is 4.02. The van der Waals surface area contributed by atoms with E-state index >= 15 is 0 Å². The lowest BCUT2D eigenvalue weighted by molar-refractivity contribution is -0.141. The number of rotatable bonds is 3. The Hall–Kier alpha value is -1.26. The molecule has 0 aromatic carbocycles. The Morgan fingerprint density at radius 1 is 1.40 bits per heavy atom. The van der Waals surface area contributed by atoms with Crippen molar-refractivity contribution in [2.24, 2.45) is 0 Å². The van der Waals surface area contributed by atoms with Crippen LogP contribution in [0.1, 0.15) is 6.92 Å². The number of aliphatic carboxylic acids is 1. The number of ether oxygens (including phenoxy) is 2. The summed E-state index contributed by atoms with van der Waals surface area (Å²) in [7, 11) is 0. The van der Waals surface area contributed by atoms with Crippen LogP contribution < -0.4 is 0 Å². The summed E-state index contributed by atoms with van der Waals surface area (Å²) < 4.78 is 8.35. The quantitative estimate of drug-likeness (QED) is 0.580. The molecule has 5 heteroatoms. The van der Waals surface area contributed by atoms with Crippen molar-refractivity contribution in [2.75, 3.05) is 13.2 Å². The Balaban J connectivity index is 3.30. The van der Waals surface area contributed by atoms with Gasteiger partial charge in [0.15, 0.2) is 6.61 Å². The molecule has 1 N–H and O–H groups in total. The fourth-order valence-corrected chi connectivity index (χ4v) is 0.280. The second-order valence-electron chi connectivity index (χ2n) is 1.37. The maximum absolute atomic E-state index is 10.2. The van der Waals surface area contributed by atoms with E-state index < -0.39 is 18.7 Å². The molecule has 0 atom stereocenters. The fourth-order valence-electron chi connectivity index (χ4n) is 0.280. The van der Waals surface area contributed by atoms with Crippen molar-refractivity contribution in [1.82, 2.24) is 0 Å². The second-order valence-corrected chi connectivity index (χ2v) is 1.37. The maximum Gasteiger partial charge on any atom is 0.508 e. The smallest absolute Gasteiger partial charge is 0.479 e. The lowest BCUT2D eigenvalue weighted by Gasteiger charge is -1.99. The van der Waals surface area contributed by atoms with Gasteiger partial charge in [-0.05, 0) is 6.92 Å². The van der Waals surface area contributed by atoms with Crippen molar-refractivity contribution in [2.45, 2.75) is 6.92 Å². The van der Waals surface area contributed by atoms with E-state index in [0.29, 0.717) is 0 Å². The van der Waals surface area contributed by atoms with E-state index in [1.54, 1.807) is 6.92 Å². The molecule has 0 amide bonds. The van der Waals surface area contributed by atoms with Gasteiger partial charge in [-0.3, -0.25) is 0 Å². The van der Waals surface area contributed by atoms with E-state index in [2.05, 4.69) is 9.47 Å². The molecule has 0 bridgehead atoms. The summed E-state index contributed by atoms with van der Waals surface area (Å²) >= 11 is 0. The van der Waals surface area contributed by atoms with Crippen LogP contribution in [0.4, 0.5) is 4.79 Å². The number of hydrogen-bond donors (Lipinski definition) is 1. The van der Waals surface area contributed by atoms with Crippen molar-refractivity contribution in [3.05, 3.63) is 0 Å². The van der Waals surface area contributed by atoms with Crippen LogP contribution in [0.3, 0.4) is 0 Å². The minimum absolute atomic E-state index is 0.179. The molecule has 0 saturated carbocycles. The van der Waals surface area contributed by atoms with E-state index in [4.69, 9.17) is 5.11 Å². The molecule has 0 fully saturated rings. The van der Waals surface area contributed by atoms with E-state index in [1.165, 1.54) is 0 Å². The Morgan fingerprint density at radius 3 is 2.40 bits per heavy atom. The average Bonchev–Trinajstić information content (AvgIpc) is 1.85. The maximum atomic E-state index is 10.2. The molecule has 0 spiro atoms. The third-order valence-corrected chi connectivity index (χ3v) is 0.576. The van der Waals surface area contributed by atoms with Crippen LogP contribution >= 0.6 is 0 Å². The molecule has 0 aliphatic carbocycles. The molecule has 10 heavy (non-hydrogen) atoms. The van der Waals surface area contributed by atoms with Crippen molar-refractivity contribution in [3.8, 4) is 0 Å². The highest BCUT2D eigenvalue weighted by atomic mass is 16.7. The zero-order chi connectivity index (χ0) is 7.98. The summed E-state index contributed by atoms with van der Waals surface area (Å²) in [5.41, 5.74) is 0. The summed E-state index contributed by atoms with van der Waals surface area (Å²) in [6.07, 6.45) is -0.954. The van der Waals surface area contributed by atoms with Gasteiger partial charge in [0.05, 0.1) is 6.61 Å². The van der Waals surface area contributed by atoms with Gasteiger partial charge in [0, 0.05) is 0 Å². The normalized spacial score (nSPS) is 8.50. The molecule has 0 aliphatic heterocycles. The molecular formula is C5H8O5. The van der Waals surface area contributed by atoms with E-state index in [0.717, 1.165) is 0 Å². The van der Waals surface area contributed by atoms with Crippen molar-refractivity contribution < 1.29 is 24.2 Å². The molecule has 0 saturated heterocycles. The number of hydrogen-bond acceptors (Lipinski definition) is 4. The predicted molar refractivity (Wildman–Crippen MR) is 30.6 cm³/mol. The van der Waals surface area contributed by atoms with Gasteiger partial charge < -0.3 is 14.6 Å². The lowest BCUT2D eigenvalue weighted by atomic mass is 10.7. The third-order valence-electron chi connectivity index (χ3n) is 0.576. The average molecular weight is 148 g/mol. The van der Waals surface area contributed by atoms with Gasteiger partial charge in [-0.15, -0.1) is 0 Å². The highest BCUT2D eigenvalue weighted by Gasteiger charge is 2.04. The highest BCUT2D eigenvalue weighted by molar-refractivity contribution is 5.71. The second kappa shape index (κ2) is 4.60. The Labute approximate surface area is 57.5 Å². The Morgan fingerprint density at radius 2 is 2.00 bits per heavy atom. The molecule has 0 unspecified atom stereocenters. The SMILES string of the molecule is CCOC(=O)OCC(=O)O. The minimum atomic E-state index is -1.20. The van der Waals surface area contributed by atoms with Crippen LogP contribution in [0.2, 0.25) is 0 Å². The van der Waals surface area contributed by atoms with Crippen molar-refractivity contribution >= 4 is 12.1 Å². The molecule has 0 heterocycles. The first-order valence-electron chi connectivity index (χ1n) is 2.68. The van der Waals surface area contributed by atoms with Gasteiger partial charge in [0.25, 0.3) is 0 Å². The van der Waals surface area contributed by atoms with E-state index in [-0.39, 0.29) is 6.61 Å². The van der Waals surface area contributed by atoms with E-state index in [9.17, 15) is 9.59 Å². The topological polar surface area (TPSA) is 72.8 Å². The molecule has 58 valence electrons. The summed E-state index contributed by atoms with van der Waals surface area (Å²) in [6.45, 7) is 1.12. The Bertz CT molecular complexity index is 130. The number of carbonyl (C=O) groups excluding carboxylic acids is 1. The molecular weight excluding hydrogens is 140 g/mol.